The normalized spacial score (nSPS) is 12.4. The summed E-state index contributed by atoms with van der Waals surface area (Å²) >= 11 is 0. The minimum atomic E-state index is -1.12. The predicted octanol–water partition coefficient (Wildman–Crippen LogP) is 1.14. The molecule has 0 saturated carbocycles. The number of aryl methyl sites for hydroxylation is 2. The molecule has 0 fully saturated rings. The second kappa shape index (κ2) is 5.65. The summed E-state index contributed by atoms with van der Waals surface area (Å²) in [6.07, 6.45) is -1.12. The van der Waals surface area contributed by atoms with Gasteiger partial charge in [0.15, 0.2) is 6.10 Å². The quantitative estimate of drug-likeness (QED) is 0.718. The van der Waals surface area contributed by atoms with Crippen LogP contribution in [0.3, 0.4) is 0 Å². The number of benzene rings is 1. The molecule has 0 aliphatic heterocycles. The van der Waals surface area contributed by atoms with Crippen LogP contribution in [-0.4, -0.2) is 34.5 Å². The number of aliphatic hydroxyl groups is 1. The maximum atomic E-state index is 11.0. The first-order valence-corrected chi connectivity index (χ1v) is 5.22. The number of aliphatic carboxylic acids is 1. The van der Waals surface area contributed by atoms with Crippen LogP contribution in [0, 0.1) is 13.8 Å². The van der Waals surface area contributed by atoms with E-state index in [1.54, 1.807) is 26.0 Å². The molecule has 0 saturated heterocycles. The van der Waals surface area contributed by atoms with Crippen LogP contribution in [0.5, 0.6) is 5.75 Å². The zero-order valence-corrected chi connectivity index (χ0v) is 9.80. The van der Waals surface area contributed by atoms with E-state index in [1.165, 1.54) is 0 Å². The molecule has 0 heterocycles. The molecular formula is C12H16O5. The van der Waals surface area contributed by atoms with Gasteiger partial charge in [0.2, 0.25) is 0 Å². The van der Waals surface area contributed by atoms with Gasteiger partial charge in [0.1, 0.15) is 5.75 Å². The third kappa shape index (κ3) is 3.18. The summed E-state index contributed by atoms with van der Waals surface area (Å²) < 4.78 is 5.06. The van der Waals surface area contributed by atoms with Crippen molar-refractivity contribution in [3.05, 3.63) is 28.8 Å². The Labute approximate surface area is 99.3 Å². The van der Waals surface area contributed by atoms with E-state index >= 15 is 0 Å². The van der Waals surface area contributed by atoms with Crippen molar-refractivity contribution in [3.8, 4) is 5.75 Å². The molecule has 0 aliphatic carbocycles. The first-order chi connectivity index (χ1) is 7.97. The molecule has 0 amide bonds. The molecule has 17 heavy (non-hydrogen) atoms. The lowest BCUT2D eigenvalue weighted by Crippen LogP contribution is -2.17. The highest BCUT2D eigenvalue weighted by Crippen LogP contribution is 2.27. The number of ether oxygens (including phenoxy) is 1. The average molecular weight is 240 g/mol. The van der Waals surface area contributed by atoms with E-state index in [0.717, 1.165) is 0 Å². The van der Waals surface area contributed by atoms with E-state index in [4.69, 9.17) is 14.9 Å². The van der Waals surface area contributed by atoms with Gasteiger partial charge in [-0.25, -0.2) is 4.79 Å². The molecule has 1 rings (SSSR count). The molecule has 0 spiro atoms. The summed E-state index contributed by atoms with van der Waals surface area (Å²) in [5.41, 5.74) is 1.65. The molecular weight excluding hydrogens is 224 g/mol. The Morgan fingerprint density at radius 3 is 2.29 bits per heavy atom. The van der Waals surface area contributed by atoms with Crippen LogP contribution in [-0.2, 0) is 9.53 Å². The molecule has 0 radical (unpaired) electrons. The van der Waals surface area contributed by atoms with E-state index in [-0.39, 0.29) is 19.0 Å². The largest absolute Gasteiger partial charge is 0.507 e. The number of carbonyl (C=O) groups is 1. The van der Waals surface area contributed by atoms with Crippen molar-refractivity contribution in [2.75, 3.05) is 13.2 Å². The molecule has 1 unspecified atom stereocenters. The molecule has 0 aliphatic rings. The van der Waals surface area contributed by atoms with Crippen LogP contribution < -0.4 is 0 Å². The average Bonchev–Trinajstić information content (AvgIpc) is 2.25. The summed E-state index contributed by atoms with van der Waals surface area (Å²) in [4.78, 5) is 11.0. The zero-order valence-electron chi connectivity index (χ0n) is 9.80. The van der Waals surface area contributed by atoms with Crippen molar-refractivity contribution in [2.45, 2.75) is 20.0 Å². The molecule has 5 heteroatoms. The van der Waals surface area contributed by atoms with Crippen molar-refractivity contribution in [1.29, 1.82) is 0 Å². The summed E-state index contributed by atoms with van der Waals surface area (Å²) in [5, 5.41) is 27.3. The van der Waals surface area contributed by atoms with E-state index in [9.17, 15) is 9.90 Å². The number of rotatable bonds is 5. The highest BCUT2D eigenvalue weighted by molar-refractivity contribution is 5.74. The highest BCUT2D eigenvalue weighted by atomic mass is 16.5. The van der Waals surface area contributed by atoms with Crippen LogP contribution >= 0.6 is 0 Å². The number of aromatic hydroxyl groups is 1. The molecule has 1 aromatic rings. The lowest BCUT2D eigenvalue weighted by Gasteiger charge is -2.15. The maximum Gasteiger partial charge on any atom is 0.337 e. The number of phenolic OH excluding ortho intramolecular Hbond substituents is 1. The summed E-state index contributed by atoms with van der Waals surface area (Å²) in [6.45, 7) is 3.10. The fraction of sp³-hybridized carbons (Fsp3) is 0.417. The van der Waals surface area contributed by atoms with Crippen molar-refractivity contribution in [1.82, 2.24) is 0 Å². The van der Waals surface area contributed by atoms with Gasteiger partial charge >= 0.3 is 5.97 Å². The second-order valence-corrected chi connectivity index (χ2v) is 3.82. The standard InChI is InChI=1S/C12H16O5/c1-7-5-9(6-8(2)10(7)14)11(12(15)16)17-4-3-13/h5-6,11,13-14H,3-4H2,1-2H3,(H,15,16). The third-order valence-electron chi connectivity index (χ3n) is 2.42. The Hall–Kier alpha value is -1.59. The van der Waals surface area contributed by atoms with E-state index in [1.807, 2.05) is 0 Å². The smallest absolute Gasteiger partial charge is 0.337 e. The number of carboxylic acids is 1. The summed E-state index contributed by atoms with van der Waals surface area (Å²) in [6, 6.07) is 3.14. The van der Waals surface area contributed by atoms with Crippen LogP contribution in [0.15, 0.2) is 12.1 Å². The Bertz CT molecular complexity index is 390. The topological polar surface area (TPSA) is 87.0 Å². The highest BCUT2D eigenvalue weighted by Gasteiger charge is 2.21. The fourth-order valence-corrected chi connectivity index (χ4v) is 1.62. The molecule has 5 nitrogen and oxygen atoms in total. The van der Waals surface area contributed by atoms with Crippen molar-refractivity contribution in [2.24, 2.45) is 0 Å². The zero-order chi connectivity index (χ0) is 13.0. The van der Waals surface area contributed by atoms with Gasteiger partial charge < -0.3 is 20.1 Å². The van der Waals surface area contributed by atoms with Crippen molar-refractivity contribution >= 4 is 5.97 Å². The predicted molar refractivity (Wildman–Crippen MR) is 61.0 cm³/mol. The van der Waals surface area contributed by atoms with Crippen LogP contribution in [0.4, 0.5) is 0 Å². The number of hydrogen-bond acceptors (Lipinski definition) is 4. The van der Waals surface area contributed by atoms with Gasteiger partial charge in [0.25, 0.3) is 0 Å². The van der Waals surface area contributed by atoms with Crippen molar-refractivity contribution < 1.29 is 24.9 Å². The SMILES string of the molecule is Cc1cc(C(OCCO)C(=O)O)cc(C)c1O. The number of aliphatic hydroxyl groups excluding tert-OH is 1. The van der Waals surface area contributed by atoms with Gasteiger partial charge in [-0.05, 0) is 42.7 Å². The van der Waals surface area contributed by atoms with Gasteiger partial charge in [-0.1, -0.05) is 0 Å². The second-order valence-electron chi connectivity index (χ2n) is 3.82. The number of carboxylic acid groups (broad SMARTS) is 1. The summed E-state index contributed by atoms with van der Waals surface area (Å²) in [5.74, 6) is -0.969. The van der Waals surface area contributed by atoms with Gasteiger partial charge in [-0.15, -0.1) is 0 Å². The molecule has 3 N–H and O–H groups in total. The van der Waals surface area contributed by atoms with E-state index in [0.29, 0.717) is 16.7 Å². The van der Waals surface area contributed by atoms with Crippen LogP contribution in [0.1, 0.15) is 22.8 Å². The lowest BCUT2D eigenvalue weighted by molar-refractivity contribution is -0.151. The van der Waals surface area contributed by atoms with Gasteiger partial charge in [0, 0.05) is 0 Å². The van der Waals surface area contributed by atoms with Crippen LogP contribution in [0.25, 0.3) is 0 Å². The number of phenols is 1. The molecule has 1 aromatic carbocycles. The minimum absolute atomic E-state index is 0.0457. The number of hydrogen-bond donors (Lipinski definition) is 3. The monoisotopic (exact) mass is 240 g/mol. The minimum Gasteiger partial charge on any atom is -0.507 e. The van der Waals surface area contributed by atoms with Crippen LogP contribution in [0.2, 0.25) is 0 Å². The molecule has 0 bridgehead atoms. The Balaban J connectivity index is 3.06. The Morgan fingerprint density at radius 1 is 1.35 bits per heavy atom. The lowest BCUT2D eigenvalue weighted by atomic mass is 10.0. The van der Waals surface area contributed by atoms with Gasteiger partial charge in [0.05, 0.1) is 13.2 Å². The Kier molecular flexibility index (Phi) is 4.48. The molecule has 1 atom stereocenters. The fourth-order valence-electron chi connectivity index (χ4n) is 1.62. The first kappa shape index (κ1) is 13.5. The van der Waals surface area contributed by atoms with E-state index < -0.39 is 12.1 Å². The molecule has 94 valence electrons. The van der Waals surface area contributed by atoms with E-state index in [2.05, 4.69) is 0 Å². The summed E-state index contributed by atoms with van der Waals surface area (Å²) in [7, 11) is 0. The maximum absolute atomic E-state index is 11.0. The Morgan fingerprint density at radius 2 is 1.88 bits per heavy atom. The third-order valence-corrected chi connectivity index (χ3v) is 2.42. The molecule has 0 aromatic heterocycles. The van der Waals surface area contributed by atoms with Crippen molar-refractivity contribution in [3.63, 3.8) is 0 Å². The van der Waals surface area contributed by atoms with Gasteiger partial charge in [-0.2, -0.15) is 0 Å². The first-order valence-electron chi connectivity index (χ1n) is 5.22. The van der Waals surface area contributed by atoms with Gasteiger partial charge in [-0.3, -0.25) is 0 Å².